The summed E-state index contributed by atoms with van der Waals surface area (Å²) in [5.41, 5.74) is 1.24. The summed E-state index contributed by atoms with van der Waals surface area (Å²) in [6.07, 6.45) is 3.20. The first-order valence-electron chi connectivity index (χ1n) is 9.57. The molecule has 2 unspecified atom stereocenters. The molecule has 0 saturated carbocycles. The minimum absolute atomic E-state index is 0.334. The molecule has 5 heteroatoms. The van der Waals surface area contributed by atoms with Crippen LogP contribution in [0.15, 0.2) is 24.3 Å². The van der Waals surface area contributed by atoms with Crippen molar-refractivity contribution in [2.45, 2.75) is 32.7 Å². The van der Waals surface area contributed by atoms with Crippen molar-refractivity contribution in [3.05, 3.63) is 34.9 Å². The zero-order valence-corrected chi connectivity index (χ0v) is 16.0. The van der Waals surface area contributed by atoms with E-state index in [4.69, 9.17) is 11.6 Å². The van der Waals surface area contributed by atoms with E-state index in [0.29, 0.717) is 24.2 Å². The van der Waals surface area contributed by atoms with Gasteiger partial charge in [0.2, 0.25) is 5.91 Å². The first kappa shape index (κ1) is 18.7. The fourth-order valence-electron chi connectivity index (χ4n) is 3.98. The molecule has 0 aromatic heterocycles. The van der Waals surface area contributed by atoms with Gasteiger partial charge in [-0.1, -0.05) is 30.7 Å². The minimum Gasteiger partial charge on any atom is -0.340 e. The minimum atomic E-state index is 0.334. The summed E-state index contributed by atoms with van der Waals surface area (Å²) in [7, 11) is 0. The number of nitrogens with one attached hydrogen (secondary N) is 1. The van der Waals surface area contributed by atoms with Gasteiger partial charge in [0.1, 0.15) is 0 Å². The van der Waals surface area contributed by atoms with Crippen molar-refractivity contribution in [3.63, 3.8) is 0 Å². The van der Waals surface area contributed by atoms with Gasteiger partial charge in [-0.3, -0.25) is 9.69 Å². The molecule has 2 aliphatic rings. The third-order valence-electron chi connectivity index (χ3n) is 5.66. The maximum absolute atomic E-state index is 12.6. The molecule has 2 saturated heterocycles. The molecule has 1 aromatic rings. The Labute approximate surface area is 156 Å². The van der Waals surface area contributed by atoms with E-state index >= 15 is 0 Å². The maximum Gasteiger partial charge on any atom is 0.222 e. The van der Waals surface area contributed by atoms with Crippen LogP contribution in [0.4, 0.5) is 0 Å². The average Bonchev–Trinajstić information content (AvgIpc) is 2.63. The van der Waals surface area contributed by atoms with E-state index in [-0.39, 0.29) is 0 Å². The van der Waals surface area contributed by atoms with Gasteiger partial charge in [0.05, 0.1) is 0 Å². The van der Waals surface area contributed by atoms with E-state index in [9.17, 15) is 4.79 Å². The molecular formula is C20H30ClN3O. The highest BCUT2D eigenvalue weighted by atomic mass is 35.5. The fraction of sp³-hybridized carbons (Fsp3) is 0.650. The van der Waals surface area contributed by atoms with Gasteiger partial charge in [0, 0.05) is 44.2 Å². The molecule has 1 aromatic carbocycles. The fourth-order valence-corrected chi connectivity index (χ4v) is 4.20. The lowest BCUT2D eigenvalue weighted by Gasteiger charge is -2.36. The van der Waals surface area contributed by atoms with Crippen LogP contribution >= 0.6 is 11.6 Å². The van der Waals surface area contributed by atoms with Crippen molar-refractivity contribution in [1.29, 1.82) is 0 Å². The van der Waals surface area contributed by atoms with Crippen molar-refractivity contribution in [1.82, 2.24) is 15.1 Å². The average molecular weight is 364 g/mol. The van der Waals surface area contributed by atoms with E-state index in [1.165, 1.54) is 18.4 Å². The third-order valence-corrected chi connectivity index (χ3v) is 5.89. The lowest BCUT2D eigenvalue weighted by atomic mass is 9.85. The molecule has 0 aliphatic carbocycles. The molecule has 1 N–H and O–H groups in total. The Kier molecular flexibility index (Phi) is 6.74. The van der Waals surface area contributed by atoms with Gasteiger partial charge in [-0.15, -0.1) is 0 Å². The van der Waals surface area contributed by atoms with Gasteiger partial charge in [-0.05, 0) is 55.5 Å². The summed E-state index contributed by atoms with van der Waals surface area (Å²) in [4.78, 5) is 17.1. The summed E-state index contributed by atoms with van der Waals surface area (Å²) >= 11 is 6.06. The Morgan fingerprint density at radius 2 is 2.12 bits per heavy atom. The van der Waals surface area contributed by atoms with Crippen LogP contribution in [0.25, 0.3) is 0 Å². The highest BCUT2D eigenvalue weighted by Gasteiger charge is 2.26. The molecule has 2 fully saturated rings. The van der Waals surface area contributed by atoms with Crippen LogP contribution in [0.2, 0.25) is 5.02 Å². The van der Waals surface area contributed by atoms with Crippen molar-refractivity contribution >= 4 is 17.5 Å². The highest BCUT2D eigenvalue weighted by Crippen LogP contribution is 2.23. The number of nitrogens with zero attached hydrogens (tertiary/aromatic N) is 2. The van der Waals surface area contributed by atoms with Crippen LogP contribution < -0.4 is 5.32 Å². The maximum atomic E-state index is 12.6. The molecule has 138 valence electrons. The van der Waals surface area contributed by atoms with E-state index in [1.807, 2.05) is 18.2 Å². The predicted octanol–water partition coefficient (Wildman–Crippen LogP) is 3.01. The number of benzene rings is 1. The Morgan fingerprint density at radius 1 is 1.32 bits per heavy atom. The Hall–Kier alpha value is -1.10. The van der Waals surface area contributed by atoms with Crippen molar-refractivity contribution in [2.75, 3.05) is 39.3 Å². The van der Waals surface area contributed by atoms with Crippen LogP contribution in [-0.2, 0) is 11.3 Å². The Morgan fingerprint density at radius 3 is 2.80 bits per heavy atom. The number of halogens is 1. The molecule has 0 radical (unpaired) electrons. The summed E-state index contributed by atoms with van der Waals surface area (Å²) in [6, 6.07) is 8.05. The van der Waals surface area contributed by atoms with Crippen LogP contribution in [0, 0.1) is 11.8 Å². The van der Waals surface area contributed by atoms with Gasteiger partial charge in [0.25, 0.3) is 0 Å². The Balaban J connectivity index is 1.42. The number of hydrogen-bond acceptors (Lipinski definition) is 3. The smallest absolute Gasteiger partial charge is 0.222 e. The molecule has 2 atom stereocenters. The second-order valence-corrected chi connectivity index (χ2v) is 8.01. The van der Waals surface area contributed by atoms with Crippen LogP contribution in [0.3, 0.4) is 0 Å². The Bertz CT molecular complexity index is 566. The molecule has 0 spiro atoms. The monoisotopic (exact) mass is 363 g/mol. The van der Waals surface area contributed by atoms with Crippen molar-refractivity contribution in [3.8, 4) is 0 Å². The number of piperidine rings is 1. The van der Waals surface area contributed by atoms with Crippen LogP contribution in [0.1, 0.15) is 31.7 Å². The second-order valence-electron chi connectivity index (χ2n) is 7.57. The first-order chi connectivity index (χ1) is 12.1. The van der Waals surface area contributed by atoms with Gasteiger partial charge in [-0.25, -0.2) is 0 Å². The number of amides is 1. The number of piperazine rings is 1. The molecule has 25 heavy (non-hydrogen) atoms. The molecule has 3 rings (SSSR count). The van der Waals surface area contributed by atoms with Crippen LogP contribution in [-0.4, -0.2) is 55.0 Å². The SMILES string of the molecule is CC(CC(=O)N1CCN(Cc2cccc(Cl)c2)CC1)C1CCCNC1. The number of carbonyl (C=O) groups excluding carboxylic acids is 1. The zero-order chi connectivity index (χ0) is 17.6. The highest BCUT2D eigenvalue weighted by molar-refractivity contribution is 6.30. The number of rotatable bonds is 5. The lowest BCUT2D eigenvalue weighted by molar-refractivity contribution is -0.134. The van der Waals surface area contributed by atoms with Crippen LogP contribution in [0.5, 0.6) is 0 Å². The van der Waals surface area contributed by atoms with Gasteiger partial charge >= 0.3 is 0 Å². The quantitative estimate of drug-likeness (QED) is 0.873. The van der Waals surface area contributed by atoms with Gasteiger partial charge in [-0.2, -0.15) is 0 Å². The summed E-state index contributed by atoms with van der Waals surface area (Å²) in [6.45, 7) is 8.92. The first-order valence-corrected chi connectivity index (χ1v) is 9.95. The number of hydrogen-bond donors (Lipinski definition) is 1. The van der Waals surface area contributed by atoms with Crippen molar-refractivity contribution in [2.24, 2.45) is 11.8 Å². The molecule has 0 bridgehead atoms. The molecule has 4 nitrogen and oxygen atoms in total. The lowest BCUT2D eigenvalue weighted by Crippen LogP contribution is -2.48. The van der Waals surface area contributed by atoms with Gasteiger partial charge in [0.15, 0.2) is 0 Å². The molecule has 2 aliphatic heterocycles. The van der Waals surface area contributed by atoms with E-state index < -0.39 is 0 Å². The standard InChI is InChI=1S/C20H30ClN3O/c1-16(18-5-3-7-22-14-18)12-20(25)24-10-8-23(9-11-24)15-17-4-2-6-19(21)13-17/h2,4,6,13,16,18,22H,3,5,7-12,14-15H2,1H3. The van der Waals surface area contributed by atoms with E-state index in [2.05, 4.69) is 28.1 Å². The summed E-state index contributed by atoms with van der Waals surface area (Å²) in [5.74, 6) is 1.46. The van der Waals surface area contributed by atoms with E-state index in [1.54, 1.807) is 0 Å². The largest absolute Gasteiger partial charge is 0.340 e. The van der Waals surface area contributed by atoms with E-state index in [0.717, 1.165) is 50.8 Å². The predicted molar refractivity (Wildman–Crippen MR) is 103 cm³/mol. The summed E-state index contributed by atoms with van der Waals surface area (Å²) < 4.78 is 0. The topological polar surface area (TPSA) is 35.6 Å². The van der Waals surface area contributed by atoms with Crippen molar-refractivity contribution < 1.29 is 4.79 Å². The number of carbonyl (C=O) groups is 1. The molecule has 1 amide bonds. The van der Waals surface area contributed by atoms with Gasteiger partial charge < -0.3 is 10.2 Å². The zero-order valence-electron chi connectivity index (χ0n) is 15.2. The molecule has 2 heterocycles. The third kappa shape index (κ3) is 5.44. The molecular weight excluding hydrogens is 334 g/mol. The second kappa shape index (κ2) is 9.02. The summed E-state index contributed by atoms with van der Waals surface area (Å²) in [5, 5.41) is 4.25. The normalized spacial score (nSPS) is 23.4.